The maximum Gasteiger partial charge on any atom is 0.252 e. The second-order valence-corrected chi connectivity index (χ2v) is 8.69. The molecule has 0 atom stereocenters. The van der Waals surface area contributed by atoms with Crippen molar-refractivity contribution in [3.05, 3.63) is 83.9 Å². The largest absolute Gasteiger partial charge is 0.348 e. The van der Waals surface area contributed by atoms with Gasteiger partial charge in [-0.3, -0.25) is 4.79 Å². The Balaban J connectivity index is 1.56. The van der Waals surface area contributed by atoms with Gasteiger partial charge in [-0.1, -0.05) is 12.1 Å². The maximum atomic E-state index is 13.2. The van der Waals surface area contributed by atoms with Crippen molar-refractivity contribution in [3.8, 4) is 5.69 Å². The molecule has 2 aromatic heterocycles. The molecule has 4 rings (SSSR count). The smallest absolute Gasteiger partial charge is 0.252 e. The number of nitrogens with zero attached hydrogens (tertiary/aromatic N) is 3. The van der Waals surface area contributed by atoms with Crippen molar-refractivity contribution in [2.75, 3.05) is 6.26 Å². The minimum atomic E-state index is -3.37. The van der Waals surface area contributed by atoms with Gasteiger partial charge < -0.3 is 5.32 Å². The third kappa shape index (κ3) is 3.92. The minimum absolute atomic E-state index is 0.0180. The number of amides is 1. The molecule has 0 saturated carbocycles. The molecular weight excluding hydrogens is 407 g/mol. The number of hydrogen-bond acceptors (Lipinski definition) is 5. The molecule has 0 spiro atoms. The van der Waals surface area contributed by atoms with Crippen molar-refractivity contribution < 1.29 is 17.6 Å². The van der Waals surface area contributed by atoms with E-state index in [0.717, 1.165) is 6.26 Å². The molecule has 0 fully saturated rings. The summed E-state index contributed by atoms with van der Waals surface area (Å²) < 4.78 is 37.8. The van der Waals surface area contributed by atoms with Gasteiger partial charge >= 0.3 is 0 Å². The molecule has 1 amide bonds. The van der Waals surface area contributed by atoms with E-state index in [2.05, 4.69) is 15.4 Å². The van der Waals surface area contributed by atoms with Gasteiger partial charge in [-0.15, -0.1) is 0 Å². The predicted octanol–water partition coefficient (Wildman–Crippen LogP) is 2.89. The quantitative estimate of drug-likeness (QED) is 0.532. The molecular formula is C21H17FN4O3S. The first-order valence-corrected chi connectivity index (χ1v) is 10.9. The molecule has 0 bridgehead atoms. The zero-order valence-electron chi connectivity index (χ0n) is 15.9. The van der Waals surface area contributed by atoms with Crippen LogP contribution in [0.4, 0.5) is 4.39 Å². The van der Waals surface area contributed by atoms with Crippen LogP contribution in [-0.4, -0.2) is 35.3 Å². The van der Waals surface area contributed by atoms with E-state index >= 15 is 0 Å². The standard InChI is InChI=1S/C21H17FN4O3S/c1-30(28,29)20-10-5-14(11-23-20)12-24-21(27)17-3-2-4-19-18(17)13-25-26(19)16-8-6-15(22)7-9-16/h2-11,13H,12H2,1H3,(H,24,27). The Morgan fingerprint density at radius 1 is 1.07 bits per heavy atom. The average Bonchev–Trinajstić information content (AvgIpc) is 3.16. The van der Waals surface area contributed by atoms with Crippen LogP contribution in [0.2, 0.25) is 0 Å². The molecule has 30 heavy (non-hydrogen) atoms. The normalized spacial score (nSPS) is 11.5. The van der Waals surface area contributed by atoms with Crippen LogP contribution >= 0.6 is 0 Å². The molecule has 152 valence electrons. The van der Waals surface area contributed by atoms with Gasteiger partial charge in [-0.2, -0.15) is 5.10 Å². The van der Waals surface area contributed by atoms with Gasteiger partial charge in [0, 0.05) is 24.4 Å². The van der Waals surface area contributed by atoms with Crippen molar-refractivity contribution in [2.45, 2.75) is 11.6 Å². The van der Waals surface area contributed by atoms with Crippen molar-refractivity contribution in [1.29, 1.82) is 0 Å². The van der Waals surface area contributed by atoms with E-state index < -0.39 is 9.84 Å². The third-order valence-corrected chi connectivity index (χ3v) is 5.56. The van der Waals surface area contributed by atoms with E-state index in [1.807, 2.05) is 6.07 Å². The molecule has 0 aliphatic heterocycles. The number of rotatable bonds is 5. The fraction of sp³-hybridized carbons (Fsp3) is 0.0952. The van der Waals surface area contributed by atoms with E-state index in [-0.39, 0.29) is 23.3 Å². The number of nitrogens with one attached hydrogen (secondary N) is 1. The van der Waals surface area contributed by atoms with Gasteiger partial charge in [0.2, 0.25) is 0 Å². The molecule has 2 aromatic carbocycles. The van der Waals surface area contributed by atoms with Crippen LogP contribution in [0.1, 0.15) is 15.9 Å². The number of halogens is 1. The first-order valence-electron chi connectivity index (χ1n) is 8.99. The second-order valence-electron chi connectivity index (χ2n) is 6.73. The van der Waals surface area contributed by atoms with Crippen LogP contribution < -0.4 is 5.32 Å². The Morgan fingerprint density at radius 3 is 2.50 bits per heavy atom. The summed E-state index contributed by atoms with van der Waals surface area (Å²) in [6.07, 6.45) is 4.10. The van der Waals surface area contributed by atoms with E-state index in [1.165, 1.54) is 24.4 Å². The number of carbonyl (C=O) groups is 1. The number of carbonyl (C=O) groups excluding carboxylic acids is 1. The SMILES string of the molecule is CS(=O)(=O)c1ccc(CNC(=O)c2cccc3c2cnn3-c2ccc(F)cc2)cn1. The van der Waals surface area contributed by atoms with Crippen molar-refractivity contribution in [2.24, 2.45) is 0 Å². The van der Waals surface area contributed by atoms with E-state index in [0.29, 0.717) is 27.7 Å². The fourth-order valence-corrected chi connectivity index (χ4v) is 3.61. The van der Waals surface area contributed by atoms with Gasteiger partial charge in [-0.05, 0) is 48.0 Å². The van der Waals surface area contributed by atoms with Crippen LogP contribution in [0.15, 0.2) is 72.0 Å². The van der Waals surface area contributed by atoms with Crippen molar-refractivity contribution in [3.63, 3.8) is 0 Å². The Morgan fingerprint density at radius 2 is 1.83 bits per heavy atom. The Labute approximate surface area is 172 Å². The van der Waals surface area contributed by atoms with Crippen LogP contribution in [0.5, 0.6) is 0 Å². The Kier molecular flexibility index (Phi) is 5.04. The highest BCUT2D eigenvalue weighted by atomic mass is 32.2. The predicted molar refractivity (Wildman–Crippen MR) is 110 cm³/mol. The summed E-state index contributed by atoms with van der Waals surface area (Å²) in [7, 11) is -3.37. The molecule has 2 heterocycles. The third-order valence-electron chi connectivity index (χ3n) is 4.56. The van der Waals surface area contributed by atoms with Crippen LogP contribution in [0, 0.1) is 5.82 Å². The summed E-state index contributed by atoms with van der Waals surface area (Å²) in [5.74, 6) is -0.638. The second kappa shape index (κ2) is 7.68. The number of sulfone groups is 1. The van der Waals surface area contributed by atoms with E-state index in [4.69, 9.17) is 0 Å². The summed E-state index contributed by atoms with van der Waals surface area (Å²) >= 11 is 0. The van der Waals surface area contributed by atoms with Crippen molar-refractivity contribution >= 4 is 26.6 Å². The van der Waals surface area contributed by atoms with Crippen LogP contribution in [0.3, 0.4) is 0 Å². The number of hydrogen-bond donors (Lipinski definition) is 1. The minimum Gasteiger partial charge on any atom is -0.348 e. The van der Waals surface area contributed by atoms with Gasteiger partial charge in [-0.25, -0.2) is 22.5 Å². The molecule has 0 aliphatic rings. The maximum absolute atomic E-state index is 13.2. The number of aromatic nitrogens is 3. The van der Waals surface area contributed by atoms with Crippen LogP contribution in [-0.2, 0) is 16.4 Å². The molecule has 9 heteroatoms. The summed E-state index contributed by atoms with van der Waals surface area (Å²) in [4.78, 5) is 16.6. The highest BCUT2D eigenvalue weighted by molar-refractivity contribution is 7.90. The lowest BCUT2D eigenvalue weighted by atomic mass is 10.1. The lowest BCUT2D eigenvalue weighted by Gasteiger charge is -2.08. The molecule has 0 saturated heterocycles. The number of benzene rings is 2. The average molecular weight is 424 g/mol. The first kappa shape index (κ1) is 19.7. The monoisotopic (exact) mass is 424 g/mol. The zero-order chi connectivity index (χ0) is 21.3. The molecule has 4 aromatic rings. The van der Waals surface area contributed by atoms with E-state index in [1.54, 1.807) is 41.2 Å². The molecule has 1 N–H and O–H groups in total. The summed E-state index contributed by atoms with van der Waals surface area (Å²) in [5, 5.41) is 7.78. The van der Waals surface area contributed by atoms with Gasteiger partial charge in [0.05, 0.1) is 23.0 Å². The summed E-state index contributed by atoms with van der Waals surface area (Å²) in [5.41, 5.74) is 2.51. The molecule has 0 radical (unpaired) electrons. The Bertz CT molecular complexity index is 1330. The lowest BCUT2D eigenvalue weighted by molar-refractivity contribution is 0.0952. The van der Waals surface area contributed by atoms with Gasteiger partial charge in [0.1, 0.15) is 5.82 Å². The topological polar surface area (TPSA) is 94.0 Å². The summed E-state index contributed by atoms with van der Waals surface area (Å²) in [6, 6.07) is 14.2. The number of fused-ring (bicyclic) bond motifs is 1. The van der Waals surface area contributed by atoms with E-state index in [9.17, 15) is 17.6 Å². The molecule has 0 aliphatic carbocycles. The lowest BCUT2D eigenvalue weighted by Crippen LogP contribution is -2.23. The highest BCUT2D eigenvalue weighted by Crippen LogP contribution is 2.22. The summed E-state index contributed by atoms with van der Waals surface area (Å²) in [6.45, 7) is 0.193. The highest BCUT2D eigenvalue weighted by Gasteiger charge is 2.14. The Hall–Kier alpha value is -3.59. The number of pyridine rings is 1. The van der Waals surface area contributed by atoms with Gasteiger partial charge in [0.25, 0.3) is 5.91 Å². The van der Waals surface area contributed by atoms with Crippen LogP contribution in [0.25, 0.3) is 16.6 Å². The fourth-order valence-electron chi connectivity index (χ4n) is 3.05. The van der Waals surface area contributed by atoms with Crippen molar-refractivity contribution in [1.82, 2.24) is 20.1 Å². The van der Waals surface area contributed by atoms with Gasteiger partial charge in [0.15, 0.2) is 14.9 Å². The zero-order valence-corrected chi connectivity index (χ0v) is 16.7. The first-order chi connectivity index (χ1) is 14.3. The molecule has 0 unspecified atom stereocenters. The molecule has 7 nitrogen and oxygen atoms in total.